The Morgan fingerprint density at radius 1 is 0.560 bits per heavy atom. The molecule has 0 bridgehead atoms. The van der Waals surface area contributed by atoms with Crippen molar-refractivity contribution in [1.29, 1.82) is 0 Å². The lowest BCUT2D eigenvalue weighted by molar-refractivity contribution is -0.520. The molecular weight excluding hydrogens is 356 g/mol. The third-order valence-electron chi connectivity index (χ3n) is 0.462. The van der Waals surface area contributed by atoms with E-state index in [-0.39, 0.29) is 0 Å². The van der Waals surface area contributed by atoms with E-state index in [0.29, 0.717) is 5.41 Å². The van der Waals surface area contributed by atoms with Crippen molar-refractivity contribution in [3.8, 4) is 0 Å². The fraction of sp³-hybridized carbons (Fsp3) is 1.00. The average Bonchev–Trinajstić information content (AvgIpc) is 2.47. The van der Waals surface area contributed by atoms with Gasteiger partial charge in [-0.3, -0.25) is 40.5 Å². The predicted octanol–water partition coefficient (Wildman–Crippen LogP) is -1.10. The first-order chi connectivity index (χ1) is 11.1. The second-order valence-corrected chi connectivity index (χ2v) is 4.90. The summed E-state index contributed by atoms with van der Waals surface area (Å²) in [5.41, 5.74) is 0.500. The molecule has 0 saturated heterocycles. The van der Waals surface area contributed by atoms with Crippen LogP contribution >= 0.6 is 0 Å². The van der Waals surface area contributed by atoms with Gasteiger partial charge < -0.3 is 20.4 Å². The molecule has 0 rings (SSSR count). The van der Waals surface area contributed by atoms with Crippen LogP contribution in [0, 0.1) is 45.9 Å². The van der Waals surface area contributed by atoms with Crippen LogP contribution in [-0.4, -0.2) is 67.0 Å². The van der Waals surface area contributed by atoms with Crippen molar-refractivity contribution in [2.75, 3.05) is 26.9 Å². The Kier molecular flexibility index (Phi) is 32.2. The highest BCUT2D eigenvalue weighted by Gasteiger charge is 1.95. The Morgan fingerprint density at radius 2 is 0.600 bits per heavy atom. The van der Waals surface area contributed by atoms with Crippen LogP contribution in [0.4, 0.5) is 0 Å². The van der Waals surface area contributed by atoms with E-state index in [0.717, 1.165) is 0 Å². The van der Waals surface area contributed by atoms with Crippen LogP contribution in [0.2, 0.25) is 0 Å². The molecule has 0 unspecified atom stereocenters. The van der Waals surface area contributed by atoms with Gasteiger partial charge >= 0.3 is 26.9 Å². The second kappa shape index (κ2) is 23.7. The first-order valence-electron chi connectivity index (χ1n) is 5.99. The number of aliphatic hydroxyl groups is 4. The summed E-state index contributed by atoms with van der Waals surface area (Å²) in [6, 6.07) is 0. The van der Waals surface area contributed by atoms with E-state index in [9.17, 15) is 0 Å². The summed E-state index contributed by atoms with van der Waals surface area (Å²) in [6.07, 6.45) is 0. The largest absolute Gasteiger partial charge is 0.335 e. The number of nitro groups is 4. The molecule has 0 aliphatic carbocycles. The summed E-state index contributed by atoms with van der Waals surface area (Å²) in [5.74, 6) is 0. The zero-order valence-corrected chi connectivity index (χ0v) is 14.2. The van der Waals surface area contributed by atoms with Gasteiger partial charge in [-0.2, -0.15) is 0 Å². The highest BCUT2D eigenvalue weighted by Crippen LogP contribution is 2.08. The van der Waals surface area contributed by atoms with Crippen LogP contribution < -0.4 is 0 Å². The van der Waals surface area contributed by atoms with Crippen LogP contribution in [0.15, 0.2) is 0 Å². The molecule has 0 aliphatic heterocycles. The Bertz CT molecular complexity index is 295. The lowest BCUT2D eigenvalue weighted by Crippen LogP contribution is -1.96. The predicted molar refractivity (Wildman–Crippen MR) is 81.4 cm³/mol. The Labute approximate surface area is 141 Å². The molecule has 16 heteroatoms. The van der Waals surface area contributed by atoms with Crippen molar-refractivity contribution in [3.05, 3.63) is 40.5 Å². The highest BCUT2D eigenvalue weighted by atomic mass is 16.7. The van der Waals surface area contributed by atoms with Crippen LogP contribution in [-0.2, 0) is 0 Å². The van der Waals surface area contributed by atoms with Crippen molar-refractivity contribution in [3.63, 3.8) is 0 Å². The van der Waals surface area contributed by atoms with Crippen LogP contribution in [0.5, 0.6) is 0 Å². The molecule has 25 heavy (non-hydrogen) atoms. The zero-order chi connectivity index (χ0) is 21.6. The quantitative estimate of drug-likeness (QED) is 0.257. The van der Waals surface area contributed by atoms with Gasteiger partial charge in [-0.15, -0.1) is 0 Å². The maximum atomic E-state index is 8.92. The van der Waals surface area contributed by atoms with E-state index in [4.69, 9.17) is 60.9 Å². The third-order valence-corrected chi connectivity index (χ3v) is 0.462. The maximum absolute atomic E-state index is 8.92. The average molecular weight is 380 g/mol. The third kappa shape index (κ3) is 274. The maximum Gasteiger partial charge on any atom is 0.303 e. The first-order valence-corrected chi connectivity index (χ1v) is 5.99. The van der Waals surface area contributed by atoms with Gasteiger partial charge in [0.25, 0.3) is 0 Å². The highest BCUT2D eigenvalue weighted by molar-refractivity contribution is 4.47. The summed E-state index contributed by atoms with van der Waals surface area (Å²) in [5, 5.41) is 65.5. The zero-order valence-electron chi connectivity index (χ0n) is 14.2. The molecule has 0 spiro atoms. The fourth-order valence-electron chi connectivity index (χ4n) is 0. The summed E-state index contributed by atoms with van der Waals surface area (Å²) in [4.78, 5) is 32.4. The minimum atomic E-state index is -0.972. The molecule has 0 aliphatic rings. The van der Waals surface area contributed by atoms with Crippen molar-refractivity contribution < 1.29 is 40.1 Å². The summed E-state index contributed by atoms with van der Waals surface area (Å²) >= 11 is 0. The summed E-state index contributed by atoms with van der Waals surface area (Å²) in [6.45, 7) is 4.86. The lowest BCUT2D eigenvalue weighted by atomic mass is 10.0. The van der Waals surface area contributed by atoms with Gasteiger partial charge in [0.05, 0.1) is 0 Å². The molecule has 0 aromatic heterocycles. The van der Waals surface area contributed by atoms with E-state index < -0.39 is 46.6 Å². The number of nitrogens with zero attached hydrogens (tertiary/aromatic N) is 4. The molecule has 0 atom stereocenters. The van der Waals surface area contributed by atoms with Gasteiger partial charge in [0.1, 0.15) is 0 Å². The minimum absolute atomic E-state index is 0.500. The van der Waals surface area contributed by atoms with E-state index in [1.165, 1.54) is 0 Å². The number of hydrogen-bond donors (Lipinski definition) is 4. The minimum Gasteiger partial charge on any atom is -0.335 e. The van der Waals surface area contributed by atoms with Crippen LogP contribution in [0.1, 0.15) is 27.7 Å². The van der Waals surface area contributed by atoms with Gasteiger partial charge in [-0.25, -0.2) is 0 Å². The molecular formula is C9H24N4O12. The van der Waals surface area contributed by atoms with Crippen molar-refractivity contribution in [1.82, 2.24) is 0 Å². The standard InChI is InChI=1S/C5H12.4CH3NO3/c1-5(2,3)4;4*3-1-2(4)5/h1-4H3;4*3H,1H2. The van der Waals surface area contributed by atoms with Crippen molar-refractivity contribution >= 4 is 0 Å². The fourth-order valence-corrected chi connectivity index (χ4v) is 0. The van der Waals surface area contributed by atoms with Crippen LogP contribution in [0.25, 0.3) is 0 Å². The van der Waals surface area contributed by atoms with Crippen molar-refractivity contribution in [2.45, 2.75) is 27.7 Å². The molecule has 4 N–H and O–H groups in total. The molecule has 0 aromatic rings. The summed E-state index contributed by atoms with van der Waals surface area (Å²) in [7, 11) is 0. The van der Waals surface area contributed by atoms with E-state index in [1.54, 1.807) is 0 Å². The van der Waals surface area contributed by atoms with E-state index >= 15 is 0 Å². The lowest BCUT2D eigenvalue weighted by Gasteiger charge is -2.05. The van der Waals surface area contributed by atoms with Gasteiger partial charge in [0.15, 0.2) is 0 Å². The molecule has 0 radical (unpaired) electrons. The SMILES string of the molecule is CC(C)(C)C.O=[N+]([O-])CO.O=[N+]([O-])CO.O=[N+]([O-])CO.O=[N+]([O-])CO. The number of rotatable bonds is 4. The van der Waals surface area contributed by atoms with Gasteiger partial charge in [-0.1, -0.05) is 27.7 Å². The molecule has 0 aromatic carbocycles. The number of hydrogen-bond acceptors (Lipinski definition) is 12. The second-order valence-electron chi connectivity index (χ2n) is 4.90. The molecule has 16 nitrogen and oxygen atoms in total. The normalized spacial score (nSPS) is 8.32. The number of aliphatic hydroxyl groups excluding tert-OH is 4. The molecule has 152 valence electrons. The molecule has 0 amide bonds. The Balaban J connectivity index is -0.0000000667. The van der Waals surface area contributed by atoms with Crippen LogP contribution in [0.3, 0.4) is 0 Å². The molecule has 0 saturated carbocycles. The van der Waals surface area contributed by atoms with Gasteiger partial charge in [0, 0.05) is 19.7 Å². The molecule has 0 heterocycles. The van der Waals surface area contributed by atoms with E-state index in [1.807, 2.05) is 0 Å². The first kappa shape index (κ1) is 33.9. The van der Waals surface area contributed by atoms with Gasteiger partial charge in [0.2, 0.25) is 0 Å². The van der Waals surface area contributed by atoms with Gasteiger partial charge in [-0.05, 0) is 5.41 Å². The Morgan fingerprint density at radius 3 is 0.600 bits per heavy atom. The van der Waals surface area contributed by atoms with E-state index in [2.05, 4.69) is 27.7 Å². The summed E-state index contributed by atoms with van der Waals surface area (Å²) < 4.78 is 0. The smallest absolute Gasteiger partial charge is 0.303 e. The topological polar surface area (TPSA) is 253 Å². The molecule has 0 fully saturated rings. The monoisotopic (exact) mass is 380 g/mol. The van der Waals surface area contributed by atoms with Crippen molar-refractivity contribution in [2.24, 2.45) is 5.41 Å². The Hall–Kier alpha value is -2.56.